The first kappa shape index (κ1) is 16.6. The molecule has 0 saturated heterocycles. The van der Waals surface area contributed by atoms with E-state index in [1.165, 1.54) is 6.21 Å². The lowest BCUT2D eigenvalue weighted by molar-refractivity contribution is -0.130. The Kier molecular flexibility index (Phi) is 5.03. The van der Waals surface area contributed by atoms with Crippen molar-refractivity contribution in [2.45, 2.75) is 6.10 Å². The van der Waals surface area contributed by atoms with Crippen LogP contribution in [0.1, 0.15) is 5.56 Å². The molecule has 0 radical (unpaired) electrons. The van der Waals surface area contributed by atoms with Gasteiger partial charge < -0.3 is 18.9 Å². The van der Waals surface area contributed by atoms with E-state index in [2.05, 4.69) is 10.5 Å². The molecule has 0 aromatic heterocycles. The Morgan fingerprint density at radius 3 is 2.76 bits per heavy atom. The molecular formula is C18H18N2O5. The summed E-state index contributed by atoms with van der Waals surface area (Å²) in [4.78, 5) is 12.2. The Bertz CT molecular complexity index is 791. The summed E-state index contributed by atoms with van der Waals surface area (Å²) in [5, 5.41) is 3.96. The van der Waals surface area contributed by atoms with Crippen LogP contribution in [0.4, 0.5) is 0 Å². The van der Waals surface area contributed by atoms with Gasteiger partial charge in [0.15, 0.2) is 11.5 Å². The smallest absolute Gasteiger partial charge is 0.284 e. The fourth-order valence-electron chi connectivity index (χ4n) is 2.31. The van der Waals surface area contributed by atoms with Gasteiger partial charge in [0.25, 0.3) is 5.91 Å². The maximum atomic E-state index is 12.2. The molecule has 1 unspecified atom stereocenters. The van der Waals surface area contributed by atoms with Gasteiger partial charge in [0.1, 0.15) is 18.1 Å². The monoisotopic (exact) mass is 342 g/mol. The van der Waals surface area contributed by atoms with Crippen molar-refractivity contribution < 1.29 is 23.7 Å². The van der Waals surface area contributed by atoms with Crippen molar-refractivity contribution in [3.8, 4) is 23.0 Å². The van der Waals surface area contributed by atoms with E-state index >= 15 is 0 Å². The summed E-state index contributed by atoms with van der Waals surface area (Å²) in [6.45, 7) is 0.129. The van der Waals surface area contributed by atoms with Gasteiger partial charge in [-0.15, -0.1) is 0 Å². The van der Waals surface area contributed by atoms with Crippen molar-refractivity contribution in [2.24, 2.45) is 5.10 Å². The number of methoxy groups -OCH3 is 2. The van der Waals surface area contributed by atoms with Gasteiger partial charge in [-0.05, 0) is 24.3 Å². The van der Waals surface area contributed by atoms with Crippen LogP contribution in [0.25, 0.3) is 0 Å². The Morgan fingerprint density at radius 2 is 2.00 bits per heavy atom. The van der Waals surface area contributed by atoms with Crippen LogP contribution in [0, 0.1) is 0 Å². The first-order valence-electron chi connectivity index (χ1n) is 7.64. The number of fused-ring (bicyclic) bond motifs is 1. The van der Waals surface area contributed by atoms with Gasteiger partial charge in [-0.3, -0.25) is 4.79 Å². The van der Waals surface area contributed by atoms with Crippen molar-refractivity contribution in [2.75, 3.05) is 20.8 Å². The second kappa shape index (κ2) is 7.57. The highest BCUT2D eigenvalue weighted by Gasteiger charge is 2.26. The molecule has 1 N–H and O–H groups in total. The predicted octanol–water partition coefficient (Wildman–Crippen LogP) is 1.99. The number of amides is 1. The third kappa shape index (κ3) is 3.82. The molecule has 7 nitrogen and oxygen atoms in total. The first-order chi connectivity index (χ1) is 12.2. The SMILES string of the molecule is COc1ccc(/C=N/NC(=O)C2COc3ccccc3O2)c(OC)c1. The molecule has 1 atom stereocenters. The van der Waals surface area contributed by atoms with Crippen molar-refractivity contribution >= 4 is 12.1 Å². The molecule has 2 aromatic carbocycles. The van der Waals surface area contributed by atoms with Crippen LogP contribution in [0.15, 0.2) is 47.6 Å². The number of hydrogen-bond donors (Lipinski definition) is 1. The first-order valence-corrected chi connectivity index (χ1v) is 7.64. The van der Waals surface area contributed by atoms with E-state index in [4.69, 9.17) is 18.9 Å². The lowest BCUT2D eigenvalue weighted by Gasteiger charge is -2.24. The average Bonchev–Trinajstić information content (AvgIpc) is 2.67. The lowest BCUT2D eigenvalue weighted by Crippen LogP contribution is -2.42. The minimum atomic E-state index is -0.759. The standard InChI is InChI=1S/C18H18N2O5/c1-22-13-8-7-12(16(9-13)23-2)10-19-20-18(21)17-11-24-14-5-3-4-6-15(14)25-17/h3-10,17H,11H2,1-2H3,(H,20,21)/b19-10+. The lowest BCUT2D eigenvalue weighted by atomic mass is 10.2. The van der Waals surface area contributed by atoms with Gasteiger partial charge in [0, 0.05) is 11.6 Å². The number of carbonyl (C=O) groups excluding carboxylic acids is 1. The Morgan fingerprint density at radius 1 is 1.20 bits per heavy atom. The predicted molar refractivity (Wildman–Crippen MR) is 91.6 cm³/mol. The molecule has 1 heterocycles. The molecule has 25 heavy (non-hydrogen) atoms. The number of nitrogens with zero attached hydrogens (tertiary/aromatic N) is 1. The van der Waals surface area contributed by atoms with E-state index in [0.717, 1.165) is 0 Å². The molecular weight excluding hydrogens is 324 g/mol. The van der Waals surface area contributed by atoms with E-state index in [-0.39, 0.29) is 6.61 Å². The van der Waals surface area contributed by atoms with Crippen molar-refractivity contribution in [1.29, 1.82) is 0 Å². The van der Waals surface area contributed by atoms with Crippen molar-refractivity contribution in [3.05, 3.63) is 48.0 Å². The zero-order valence-corrected chi connectivity index (χ0v) is 13.9. The van der Waals surface area contributed by atoms with Gasteiger partial charge in [-0.2, -0.15) is 5.10 Å². The average molecular weight is 342 g/mol. The third-order valence-corrected chi connectivity index (χ3v) is 3.62. The molecule has 0 bridgehead atoms. The number of nitrogens with one attached hydrogen (secondary N) is 1. The number of hydrogen-bond acceptors (Lipinski definition) is 6. The largest absolute Gasteiger partial charge is 0.497 e. The fourth-order valence-corrected chi connectivity index (χ4v) is 2.31. The van der Waals surface area contributed by atoms with E-state index < -0.39 is 12.0 Å². The summed E-state index contributed by atoms with van der Waals surface area (Å²) < 4.78 is 21.5. The highest BCUT2D eigenvalue weighted by atomic mass is 16.6. The van der Waals surface area contributed by atoms with Crippen LogP contribution in [0.3, 0.4) is 0 Å². The Balaban J connectivity index is 1.62. The molecule has 1 aliphatic rings. The number of benzene rings is 2. The van der Waals surface area contributed by atoms with Crippen LogP contribution in [-0.2, 0) is 4.79 Å². The molecule has 0 saturated carbocycles. The zero-order chi connectivity index (χ0) is 17.6. The molecule has 7 heteroatoms. The van der Waals surface area contributed by atoms with Crippen LogP contribution < -0.4 is 24.4 Å². The Hall–Kier alpha value is -3.22. The summed E-state index contributed by atoms with van der Waals surface area (Å²) in [5.74, 6) is 2.03. The minimum Gasteiger partial charge on any atom is -0.497 e. The van der Waals surface area contributed by atoms with Gasteiger partial charge in [-0.1, -0.05) is 12.1 Å². The highest BCUT2D eigenvalue weighted by Crippen LogP contribution is 2.30. The molecule has 1 amide bonds. The summed E-state index contributed by atoms with van der Waals surface area (Å²) >= 11 is 0. The molecule has 2 aromatic rings. The summed E-state index contributed by atoms with van der Waals surface area (Å²) in [5.41, 5.74) is 3.15. The van der Waals surface area contributed by atoms with Gasteiger partial charge in [0.05, 0.1) is 20.4 Å². The van der Waals surface area contributed by atoms with E-state index in [1.54, 1.807) is 44.6 Å². The number of hydrazone groups is 1. The molecule has 0 fully saturated rings. The zero-order valence-electron chi connectivity index (χ0n) is 13.9. The second-order valence-electron chi connectivity index (χ2n) is 5.21. The molecule has 130 valence electrons. The van der Waals surface area contributed by atoms with Crippen molar-refractivity contribution in [3.63, 3.8) is 0 Å². The summed E-state index contributed by atoms with van der Waals surface area (Å²) in [7, 11) is 3.13. The van der Waals surface area contributed by atoms with E-state index in [9.17, 15) is 4.79 Å². The molecule has 0 aliphatic carbocycles. The van der Waals surface area contributed by atoms with Crippen LogP contribution in [0.5, 0.6) is 23.0 Å². The molecule has 3 rings (SSSR count). The van der Waals surface area contributed by atoms with Gasteiger partial charge in [0.2, 0.25) is 6.10 Å². The van der Waals surface area contributed by atoms with E-state index in [0.29, 0.717) is 28.6 Å². The number of ether oxygens (including phenoxy) is 4. The maximum Gasteiger partial charge on any atom is 0.284 e. The van der Waals surface area contributed by atoms with Gasteiger partial charge >= 0.3 is 0 Å². The third-order valence-electron chi connectivity index (χ3n) is 3.62. The normalized spacial score (nSPS) is 15.7. The summed E-state index contributed by atoms with van der Waals surface area (Å²) in [6.07, 6.45) is 0.734. The molecule has 0 spiro atoms. The van der Waals surface area contributed by atoms with Crippen LogP contribution >= 0.6 is 0 Å². The Labute approximate surface area is 145 Å². The fraction of sp³-hybridized carbons (Fsp3) is 0.222. The highest BCUT2D eigenvalue weighted by molar-refractivity contribution is 5.87. The van der Waals surface area contributed by atoms with Gasteiger partial charge in [-0.25, -0.2) is 5.43 Å². The van der Waals surface area contributed by atoms with Crippen LogP contribution in [0.2, 0.25) is 0 Å². The van der Waals surface area contributed by atoms with E-state index in [1.807, 2.05) is 12.1 Å². The molecule has 1 aliphatic heterocycles. The number of para-hydroxylation sites is 2. The minimum absolute atomic E-state index is 0.129. The maximum absolute atomic E-state index is 12.2. The number of carbonyl (C=O) groups is 1. The summed E-state index contributed by atoms with van der Waals surface area (Å²) in [6, 6.07) is 12.5. The van der Waals surface area contributed by atoms with Crippen molar-refractivity contribution in [1.82, 2.24) is 5.43 Å². The quantitative estimate of drug-likeness (QED) is 0.664. The second-order valence-corrected chi connectivity index (χ2v) is 5.21. The number of rotatable bonds is 5. The van der Waals surface area contributed by atoms with Crippen LogP contribution in [-0.4, -0.2) is 39.1 Å². The topological polar surface area (TPSA) is 78.4 Å².